The van der Waals surface area contributed by atoms with Crippen LogP contribution in [0.4, 0.5) is 0 Å². The van der Waals surface area contributed by atoms with Gasteiger partial charge in [0.05, 0.1) is 7.11 Å². The van der Waals surface area contributed by atoms with Gasteiger partial charge in [0, 0.05) is 6.42 Å². The molecule has 0 spiro atoms. The highest BCUT2D eigenvalue weighted by Crippen LogP contribution is 2.09. The normalized spacial score (nSPS) is 10.8. The quantitative estimate of drug-likeness (QED) is 0.507. The molecule has 2 heteroatoms. The lowest BCUT2D eigenvalue weighted by molar-refractivity contribution is -0.140. The molecule has 1 aromatic rings. The lowest BCUT2D eigenvalue weighted by atomic mass is 10.1. The Kier molecular flexibility index (Phi) is 7.64. The van der Waals surface area contributed by atoms with Crippen LogP contribution in [0.15, 0.2) is 30.3 Å². The zero-order valence-corrected chi connectivity index (χ0v) is 12.0. The van der Waals surface area contributed by atoms with E-state index in [1.54, 1.807) is 0 Å². The topological polar surface area (TPSA) is 26.3 Å². The van der Waals surface area contributed by atoms with Crippen molar-refractivity contribution in [2.75, 3.05) is 7.11 Å². The summed E-state index contributed by atoms with van der Waals surface area (Å²) >= 11 is 0. The fourth-order valence-electron chi connectivity index (χ4n) is 1.88. The Balaban J connectivity index is 2.04. The van der Waals surface area contributed by atoms with Crippen LogP contribution in [-0.4, -0.2) is 13.1 Å². The number of allylic oxidation sites excluding steroid dienone is 1. The summed E-state index contributed by atoms with van der Waals surface area (Å²) in [5.74, 6) is -0.0979. The molecule has 0 aliphatic rings. The number of methoxy groups -OCH3 is 1. The molecule has 1 aromatic carbocycles. The van der Waals surface area contributed by atoms with Crippen molar-refractivity contribution in [3.63, 3.8) is 0 Å². The van der Waals surface area contributed by atoms with Crippen molar-refractivity contribution >= 4 is 12.0 Å². The van der Waals surface area contributed by atoms with Gasteiger partial charge in [-0.2, -0.15) is 0 Å². The Labute approximate surface area is 116 Å². The zero-order chi connectivity index (χ0) is 13.9. The van der Waals surface area contributed by atoms with Crippen molar-refractivity contribution in [1.29, 1.82) is 0 Å². The molecular weight excluding hydrogens is 236 g/mol. The van der Waals surface area contributed by atoms with E-state index in [-0.39, 0.29) is 5.97 Å². The van der Waals surface area contributed by atoms with Gasteiger partial charge in [-0.1, -0.05) is 54.8 Å². The van der Waals surface area contributed by atoms with Crippen LogP contribution in [0.1, 0.15) is 49.7 Å². The van der Waals surface area contributed by atoms with E-state index in [2.05, 4.69) is 48.1 Å². The molecule has 0 aliphatic heterocycles. The molecule has 2 nitrogen and oxygen atoms in total. The summed E-state index contributed by atoms with van der Waals surface area (Å²) in [6.45, 7) is 2.10. The Morgan fingerprint density at radius 2 is 1.79 bits per heavy atom. The number of benzene rings is 1. The second-order valence-electron chi connectivity index (χ2n) is 4.84. The van der Waals surface area contributed by atoms with Crippen molar-refractivity contribution in [2.24, 2.45) is 0 Å². The van der Waals surface area contributed by atoms with Gasteiger partial charge < -0.3 is 4.74 Å². The van der Waals surface area contributed by atoms with Gasteiger partial charge in [-0.25, -0.2) is 0 Å². The molecule has 1 rings (SSSR count). The summed E-state index contributed by atoms with van der Waals surface area (Å²) < 4.78 is 4.60. The standard InChI is InChI=1S/C17H24O2/c1-15-11-13-16(14-12-15)9-7-5-3-4-6-8-10-17(18)19-2/h7,9,11-14H,3-6,8,10H2,1-2H3/b9-7+. The summed E-state index contributed by atoms with van der Waals surface area (Å²) in [6.07, 6.45) is 10.5. The Morgan fingerprint density at radius 3 is 2.47 bits per heavy atom. The maximum atomic E-state index is 10.9. The summed E-state index contributed by atoms with van der Waals surface area (Å²) in [6, 6.07) is 8.54. The molecule has 0 fully saturated rings. The van der Waals surface area contributed by atoms with E-state index >= 15 is 0 Å². The van der Waals surface area contributed by atoms with Gasteiger partial charge in [-0.05, 0) is 31.7 Å². The SMILES string of the molecule is COC(=O)CCCCCC/C=C/c1ccc(C)cc1. The van der Waals surface area contributed by atoms with Gasteiger partial charge in [0.25, 0.3) is 0 Å². The second kappa shape index (κ2) is 9.37. The molecule has 0 unspecified atom stereocenters. The van der Waals surface area contributed by atoms with E-state index in [9.17, 15) is 4.79 Å². The first-order chi connectivity index (χ1) is 9.22. The van der Waals surface area contributed by atoms with Crippen molar-refractivity contribution in [3.05, 3.63) is 41.5 Å². The van der Waals surface area contributed by atoms with Crippen LogP contribution in [-0.2, 0) is 9.53 Å². The van der Waals surface area contributed by atoms with Crippen LogP contribution < -0.4 is 0 Å². The zero-order valence-electron chi connectivity index (χ0n) is 12.0. The predicted octanol–water partition coefficient (Wildman–Crippen LogP) is 4.52. The minimum atomic E-state index is -0.0979. The average Bonchev–Trinajstić information content (AvgIpc) is 2.43. The number of rotatable bonds is 8. The lowest BCUT2D eigenvalue weighted by Crippen LogP contribution is -1.98. The largest absolute Gasteiger partial charge is 0.469 e. The highest BCUT2D eigenvalue weighted by Gasteiger charge is 1.98. The number of carbonyl (C=O) groups excluding carboxylic acids is 1. The van der Waals surface area contributed by atoms with Gasteiger partial charge >= 0.3 is 5.97 Å². The van der Waals surface area contributed by atoms with Crippen molar-refractivity contribution in [1.82, 2.24) is 0 Å². The number of hydrogen-bond acceptors (Lipinski definition) is 2. The van der Waals surface area contributed by atoms with Gasteiger partial charge in [-0.15, -0.1) is 0 Å². The number of carbonyl (C=O) groups is 1. The maximum absolute atomic E-state index is 10.9. The average molecular weight is 260 g/mol. The van der Waals surface area contributed by atoms with Gasteiger partial charge in [0.1, 0.15) is 0 Å². The number of aryl methyl sites for hydroxylation is 1. The molecule has 0 amide bonds. The Bertz CT molecular complexity index is 390. The fourth-order valence-corrected chi connectivity index (χ4v) is 1.88. The highest BCUT2D eigenvalue weighted by atomic mass is 16.5. The second-order valence-corrected chi connectivity index (χ2v) is 4.84. The third-order valence-electron chi connectivity index (χ3n) is 3.12. The van der Waals surface area contributed by atoms with Crippen LogP contribution in [0, 0.1) is 6.92 Å². The van der Waals surface area contributed by atoms with Crippen LogP contribution in [0.3, 0.4) is 0 Å². The van der Waals surface area contributed by atoms with E-state index in [0.717, 1.165) is 19.3 Å². The van der Waals surface area contributed by atoms with Crippen molar-refractivity contribution in [2.45, 2.75) is 45.4 Å². The van der Waals surface area contributed by atoms with Gasteiger partial charge in [0.2, 0.25) is 0 Å². The molecule has 0 saturated carbocycles. The molecule has 19 heavy (non-hydrogen) atoms. The van der Waals surface area contributed by atoms with E-state index < -0.39 is 0 Å². The molecule has 0 aromatic heterocycles. The Morgan fingerprint density at radius 1 is 1.11 bits per heavy atom. The van der Waals surface area contributed by atoms with E-state index in [1.807, 2.05) is 0 Å². The first kappa shape index (κ1) is 15.5. The molecule has 104 valence electrons. The van der Waals surface area contributed by atoms with E-state index in [0.29, 0.717) is 6.42 Å². The van der Waals surface area contributed by atoms with E-state index in [4.69, 9.17) is 0 Å². The molecule has 0 N–H and O–H groups in total. The predicted molar refractivity (Wildman–Crippen MR) is 79.9 cm³/mol. The van der Waals surface area contributed by atoms with E-state index in [1.165, 1.54) is 31.1 Å². The molecule has 0 radical (unpaired) electrons. The van der Waals surface area contributed by atoms with Gasteiger partial charge in [-0.3, -0.25) is 4.79 Å². The van der Waals surface area contributed by atoms with Crippen LogP contribution >= 0.6 is 0 Å². The summed E-state index contributed by atoms with van der Waals surface area (Å²) in [7, 11) is 1.44. The molecule has 0 atom stereocenters. The minimum absolute atomic E-state index is 0.0979. The number of hydrogen-bond donors (Lipinski definition) is 0. The van der Waals surface area contributed by atoms with Crippen LogP contribution in [0.5, 0.6) is 0 Å². The molecule has 0 heterocycles. The highest BCUT2D eigenvalue weighted by molar-refractivity contribution is 5.68. The monoisotopic (exact) mass is 260 g/mol. The van der Waals surface area contributed by atoms with Crippen molar-refractivity contribution in [3.8, 4) is 0 Å². The first-order valence-electron chi connectivity index (χ1n) is 7.02. The number of ether oxygens (including phenoxy) is 1. The maximum Gasteiger partial charge on any atom is 0.305 e. The third-order valence-corrected chi connectivity index (χ3v) is 3.12. The fraction of sp³-hybridized carbons (Fsp3) is 0.471. The summed E-state index contributed by atoms with van der Waals surface area (Å²) in [5.41, 5.74) is 2.55. The lowest BCUT2D eigenvalue weighted by Gasteiger charge is -1.99. The Hall–Kier alpha value is -1.57. The van der Waals surface area contributed by atoms with Crippen LogP contribution in [0.25, 0.3) is 6.08 Å². The molecule has 0 bridgehead atoms. The summed E-state index contributed by atoms with van der Waals surface area (Å²) in [4.78, 5) is 10.9. The molecule has 0 saturated heterocycles. The number of esters is 1. The van der Waals surface area contributed by atoms with Crippen LogP contribution in [0.2, 0.25) is 0 Å². The van der Waals surface area contributed by atoms with Gasteiger partial charge in [0.15, 0.2) is 0 Å². The molecule has 0 aliphatic carbocycles. The first-order valence-corrected chi connectivity index (χ1v) is 7.02. The smallest absolute Gasteiger partial charge is 0.305 e. The molecular formula is C17H24O2. The minimum Gasteiger partial charge on any atom is -0.469 e. The van der Waals surface area contributed by atoms with Crippen molar-refractivity contribution < 1.29 is 9.53 Å². The summed E-state index contributed by atoms with van der Waals surface area (Å²) in [5, 5.41) is 0. The number of unbranched alkanes of at least 4 members (excludes halogenated alkanes) is 4. The third kappa shape index (κ3) is 7.45.